The van der Waals surface area contributed by atoms with Crippen LogP contribution in [-0.4, -0.2) is 58.3 Å². The van der Waals surface area contributed by atoms with Gasteiger partial charge in [-0.2, -0.15) is 13.2 Å². The maximum atomic E-state index is 12.4. The fraction of sp³-hybridized carbons (Fsp3) is 0.556. The number of alkyl halides is 3. The number of hydrogen-bond acceptors (Lipinski definition) is 6. The van der Waals surface area contributed by atoms with Crippen molar-refractivity contribution in [1.82, 2.24) is 19.9 Å². The van der Waals surface area contributed by atoms with Crippen LogP contribution in [0.15, 0.2) is 29.1 Å². The molecule has 0 unspecified atom stereocenters. The SMILES string of the molecule is O=C(CCn1nnc2ccccc2c1=O)OCC1CCN(CC(F)(F)F)CC1. The van der Waals surface area contributed by atoms with Crippen molar-refractivity contribution in [3.63, 3.8) is 0 Å². The molecule has 1 aliphatic rings. The van der Waals surface area contributed by atoms with Gasteiger partial charge in [0.25, 0.3) is 5.56 Å². The highest BCUT2D eigenvalue weighted by Gasteiger charge is 2.32. The molecule has 2 aromatic rings. The lowest BCUT2D eigenvalue weighted by atomic mass is 9.98. The van der Waals surface area contributed by atoms with Crippen molar-refractivity contribution in [2.45, 2.75) is 32.0 Å². The molecule has 0 radical (unpaired) electrons. The van der Waals surface area contributed by atoms with Crippen LogP contribution in [0.2, 0.25) is 0 Å². The van der Waals surface area contributed by atoms with Crippen molar-refractivity contribution in [2.24, 2.45) is 5.92 Å². The highest BCUT2D eigenvalue weighted by molar-refractivity contribution is 5.76. The zero-order valence-corrected chi connectivity index (χ0v) is 15.2. The number of rotatable bonds is 6. The van der Waals surface area contributed by atoms with Gasteiger partial charge in [-0.05, 0) is 44.0 Å². The van der Waals surface area contributed by atoms with Gasteiger partial charge >= 0.3 is 12.1 Å². The molecule has 0 N–H and O–H groups in total. The van der Waals surface area contributed by atoms with Gasteiger partial charge in [0.2, 0.25) is 0 Å². The molecule has 1 saturated heterocycles. The largest absolute Gasteiger partial charge is 0.465 e. The Morgan fingerprint density at radius 1 is 1.21 bits per heavy atom. The lowest BCUT2D eigenvalue weighted by Gasteiger charge is -2.31. The number of benzene rings is 1. The molecule has 28 heavy (non-hydrogen) atoms. The summed E-state index contributed by atoms with van der Waals surface area (Å²) in [4.78, 5) is 25.6. The zero-order valence-electron chi connectivity index (χ0n) is 15.2. The molecular formula is C18H21F3N4O3. The first kappa shape index (κ1) is 20.2. The van der Waals surface area contributed by atoms with E-state index in [4.69, 9.17) is 4.74 Å². The van der Waals surface area contributed by atoms with Crippen LogP contribution in [0, 0.1) is 5.92 Å². The van der Waals surface area contributed by atoms with Crippen LogP contribution in [0.25, 0.3) is 10.9 Å². The van der Waals surface area contributed by atoms with E-state index in [1.807, 2.05) is 0 Å². The molecule has 1 fully saturated rings. The molecule has 0 bridgehead atoms. The fourth-order valence-electron chi connectivity index (χ4n) is 3.21. The molecule has 1 aliphatic heterocycles. The zero-order chi connectivity index (χ0) is 20.1. The van der Waals surface area contributed by atoms with E-state index in [1.165, 1.54) is 4.90 Å². The van der Waals surface area contributed by atoms with Gasteiger partial charge in [0, 0.05) is 0 Å². The summed E-state index contributed by atoms with van der Waals surface area (Å²) in [5.41, 5.74) is 0.165. The number of fused-ring (bicyclic) bond motifs is 1. The van der Waals surface area contributed by atoms with Gasteiger partial charge in [-0.25, -0.2) is 4.68 Å². The molecule has 10 heteroatoms. The van der Waals surface area contributed by atoms with Crippen LogP contribution in [-0.2, 0) is 16.1 Å². The van der Waals surface area contributed by atoms with Crippen molar-refractivity contribution in [2.75, 3.05) is 26.2 Å². The van der Waals surface area contributed by atoms with Crippen molar-refractivity contribution in [1.29, 1.82) is 0 Å². The van der Waals surface area contributed by atoms with E-state index in [-0.39, 0.29) is 31.0 Å². The molecule has 7 nitrogen and oxygen atoms in total. The van der Waals surface area contributed by atoms with Gasteiger partial charge in [-0.3, -0.25) is 14.5 Å². The topological polar surface area (TPSA) is 77.3 Å². The van der Waals surface area contributed by atoms with E-state index in [0.29, 0.717) is 36.8 Å². The summed E-state index contributed by atoms with van der Waals surface area (Å²) in [6.45, 7) is 0.00513. The van der Waals surface area contributed by atoms with Gasteiger partial charge in [0.15, 0.2) is 0 Å². The number of piperidine rings is 1. The Kier molecular flexibility index (Phi) is 6.28. The van der Waals surface area contributed by atoms with Crippen LogP contribution in [0.4, 0.5) is 13.2 Å². The molecule has 0 spiro atoms. The number of aryl methyl sites for hydroxylation is 1. The Labute approximate surface area is 159 Å². The average Bonchev–Trinajstić information content (AvgIpc) is 2.66. The van der Waals surface area contributed by atoms with Crippen LogP contribution < -0.4 is 5.56 Å². The summed E-state index contributed by atoms with van der Waals surface area (Å²) < 4.78 is 43.5. The number of likely N-dealkylation sites (tertiary alicyclic amines) is 1. The third-order valence-corrected chi connectivity index (χ3v) is 4.75. The number of aromatic nitrogens is 3. The Balaban J connectivity index is 1.42. The van der Waals surface area contributed by atoms with Crippen LogP contribution in [0.3, 0.4) is 0 Å². The minimum atomic E-state index is -4.19. The lowest BCUT2D eigenvalue weighted by molar-refractivity contribution is -0.151. The van der Waals surface area contributed by atoms with Crippen molar-refractivity contribution in [3.8, 4) is 0 Å². The Hall–Kier alpha value is -2.49. The number of halogens is 3. The Bertz CT molecular complexity index is 876. The minimum Gasteiger partial charge on any atom is -0.465 e. The summed E-state index contributed by atoms with van der Waals surface area (Å²) in [6.07, 6.45) is -3.11. The van der Waals surface area contributed by atoms with Gasteiger partial charge in [0.05, 0.1) is 31.5 Å². The second kappa shape index (κ2) is 8.68. The fourth-order valence-corrected chi connectivity index (χ4v) is 3.21. The van der Waals surface area contributed by atoms with Crippen molar-refractivity contribution in [3.05, 3.63) is 34.6 Å². The van der Waals surface area contributed by atoms with Crippen LogP contribution >= 0.6 is 0 Å². The molecule has 0 atom stereocenters. The highest BCUT2D eigenvalue weighted by atomic mass is 19.4. The Morgan fingerprint density at radius 2 is 1.93 bits per heavy atom. The number of nitrogens with zero attached hydrogens (tertiary/aromatic N) is 4. The second-order valence-corrected chi connectivity index (χ2v) is 6.90. The highest BCUT2D eigenvalue weighted by Crippen LogP contribution is 2.22. The van der Waals surface area contributed by atoms with E-state index in [1.54, 1.807) is 24.3 Å². The third-order valence-electron chi connectivity index (χ3n) is 4.75. The monoisotopic (exact) mass is 398 g/mol. The molecule has 3 rings (SSSR count). The Morgan fingerprint density at radius 3 is 2.64 bits per heavy atom. The summed E-state index contributed by atoms with van der Waals surface area (Å²) in [6, 6.07) is 6.81. The van der Waals surface area contributed by atoms with Gasteiger partial charge < -0.3 is 4.74 Å². The molecule has 0 amide bonds. The summed E-state index contributed by atoms with van der Waals surface area (Å²) in [7, 11) is 0. The molecule has 1 aromatic heterocycles. The second-order valence-electron chi connectivity index (χ2n) is 6.90. The maximum absolute atomic E-state index is 12.4. The van der Waals surface area contributed by atoms with E-state index < -0.39 is 18.7 Å². The van der Waals surface area contributed by atoms with E-state index >= 15 is 0 Å². The van der Waals surface area contributed by atoms with Crippen molar-refractivity contribution >= 4 is 16.9 Å². The van der Waals surface area contributed by atoms with E-state index in [2.05, 4.69) is 10.3 Å². The first-order chi connectivity index (χ1) is 13.3. The lowest BCUT2D eigenvalue weighted by Crippen LogP contribution is -2.41. The summed E-state index contributed by atoms with van der Waals surface area (Å²) >= 11 is 0. The quantitative estimate of drug-likeness (QED) is 0.693. The van der Waals surface area contributed by atoms with E-state index in [0.717, 1.165) is 4.68 Å². The molecule has 1 aromatic carbocycles. The maximum Gasteiger partial charge on any atom is 0.401 e. The number of carbonyl (C=O) groups is 1. The molecular weight excluding hydrogens is 377 g/mol. The predicted octanol–water partition coefficient (Wildman–Crippen LogP) is 2.00. The standard InChI is InChI=1S/C18H21F3N4O3/c19-18(20,21)12-24-8-5-13(6-9-24)11-28-16(26)7-10-25-17(27)14-3-1-2-4-15(14)22-23-25/h1-4,13H,5-12H2. The van der Waals surface area contributed by atoms with Crippen LogP contribution in [0.1, 0.15) is 19.3 Å². The number of carbonyl (C=O) groups excluding carboxylic acids is 1. The minimum absolute atomic E-state index is 0.0279. The number of hydrogen-bond donors (Lipinski definition) is 0. The molecule has 0 aliphatic carbocycles. The van der Waals surface area contributed by atoms with Gasteiger partial charge in [0.1, 0.15) is 5.52 Å². The third kappa shape index (κ3) is 5.51. The smallest absolute Gasteiger partial charge is 0.401 e. The summed E-state index contributed by atoms with van der Waals surface area (Å²) in [5.74, 6) is -0.420. The first-order valence-corrected chi connectivity index (χ1v) is 9.09. The number of ether oxygens (including phenoxy) is 1. The molecule has 152 valence electrons. The summed E-state index contributed by atoms with van der Waals surface area (Å²) in [5, 5.41) is 8.19. The van der Waals surface area contributed by atoms with Crippen LogP contribution in [0.5, 0.6) is 0 Å². The van der Waals surface area contributed by atoms with Gasteiger partial charge in [-0.15, -0.1) is 5.10 Å². The molecule has 0 saturated carbocycles. The number of esters is 1. The predicted molar refractivity (Wildman–Crippen MR) is 94.6 cm³/mol. The first-order valence-electron chi connectivity index (χ1n) is 9.09. The average molecular weight is 398 g/mol. The van der Waals surface area contributed by atoms with Gasteiger partial charge in [-0.1, -0.05) is 17.3 Å². The van der Waals surface area contributed by atoms with Crippen molar-refractivity contribution < 1.29 is 22.7 Å². The van der Waals surface area contributed by atoms with E-state index in [9.17, 15) is 22.8 Å². The normalized spacial score (nSPS) is 16.4. The molecule has 2 heterocycles.